The van der Waals surface area contributed by atoms with Crippen LogP contribution in [0.4, 0.5) is 4.79 Å². The van der Waals surface area contributed by atoms with Gasteiger partial charge in [-0.05, 0) is 44.4 Å². The number of nitrogens with one attached hydrogen (secondary N) is 1. The minimum Gasteiger partial charge on any atom is -0.480 e. The summed E-state index contributed by atoms with van der Waals surface area (Å²) in [5, 5.41) is 11.7. The molecule has 0 bridgehead atoms. The molecular formula is C15H28N2O3. The first-order valence-corrected chi connectivity index (χ1v) is 7.34. The molecule has 1 heterocycles. The molecule has 0 aromatic heterocycles. The monoisotopic (exact) mass is 284 g/mol. The zero-order valence-electron chi connectivity index (χ0n) is 13.3. The van der Waals surface area contributed by atoms with Gasteiger partial charge in [0.15, 0.2) is 0 Å². The van der Waals surface area contributed by atoms with Crippen LogP contribution in [0.1, 0.15) is 53.9 Å². The van der Waals surface area contributed by atoms with Gasteiger partial charge in [0, 0.05) is 13.1 Å². The topological polar surface area (TPSA) is 69.6 Å². The van der Waals surface area contributed by atoms with E-state index in [-0.39, 0.29) is 11.4 Å². The highest BCUT2D eigenvalue weighted by Gasteiger charge is 2.33. The van der Waals surface area contributed by atoms with Gasteiger partial charge in [0.1, 0.15) is 5.54 Å². The molecule has 0 aliphatic carbocycles. The quantitative estimate of drug-likeness (QED) is 0.819. The van der Waals surface area contributed by atoms with E-state index in [9.17, 15) is 9.59 Å². The van der Waals surface area contributed by atoms with Crippen LogP contribution in [0.15, 0.2) is 0 Å². The molecule has 0 aromatic carbocycles. The Hall–Kier alpha value is -1.26. The third-order valence-corrected chi connectivity index (χ3v) is 4.19. The molecule has 2 amide bonds. The largest absolute Gasteiger partial charge is 0.480 e. The lowest BCUT2D eigenvalue weighted by Crippen LogP contribution is -2.54. The molecule has 1 fully saturated rings. The van der Waals surface area contributed by atoms with Crippen molar-refractivity contribution in [3.63, 3.8) is 0 Å². The number of carbonyl (C=O) groups excluding carboxylic acids is 1. The molecule has 1 aliphatic heterocycles. The molecular weight excluding hydrogens is 256 g/mol. The van der Waals surface area contributed by atoms with Crippen LogP contribution >= 0.6 is 0 Å². The molecule has 1 rings (SSSR count). The number of hydrogen-bond donors (Lipinski definition) is 2. The highest BCUT2D eigenvalue weighted by molar-refractivity contribution is 5.85. The molecule has 1 saturated heterocycles. The van der Waals surface area contributed by atoms with Gasteiger partial charge < -0.3 is 15.3 Å². The van der Waals surface area contributed by atoms with Gasteiger partial charge in [-0.15, -0.1) is 0 Å². The van der Waals surface area contributed by atoms with Gasteiger partial charge >= 0.3 is 12.0 Å². The van der Waals surface area contributed by atoms with Crippen molar-refractivity contribution in [3.8, 4) is 0 Å². The number of carboxylic acid groups (broad SMARTS) is 1. The van der Waals surface area contributed by atoms with E-state index >= 15 is 0 Å². The summed E-state index contributed by atoms with van der Waals surface area (Å²) in [5.74, 6) is -0.416. The van der Waals surface area contributed by atoms with Crippen LogP contribution < -0.4 is 5.32 Å². The van der Waals surface area contributed by atoms with Crippen LogP contribution in [0, 0.1) is 11.3 Å². The Bertz CT molecular complexity index is 372. The van der Waals surface area contributed by atoms with Crippen LogP contribution in [0.3, 0.4) is 0 Å². The van der Waals surface area contributed by atoms with E-state index in [4.69, 9.17) is 5.11 Å². The molecule has 1 unspecified atom stereocenters. The van der Waals surface area contributed by atoms with E-state index in [0.717, 1.165) is 19.3 Å². The van der Waals surface area contributed by atoms with Gasteiger partial charge in [-0.25, -0.2) is 9.59 Å². The Morgan fingerprint density at radius 3 is 2.20 bits per heavy atom. The first-order chi connectivity index (χ1) is 9.04. The van der Waals surface area contributed by atoms with Crippen LogP contribution in [0.2, 0.25) is 0 Å². The lowest BCUT2D eigenvalue weighted by molar-refractivity contribution is -0.143. The van der Waals surface area contributed by atoms with E-state index in [1.165, 1.54) is 13.8 Å². The van der Waals surface area contributed by atoms with Crippen molar-refractivity contribution in [2.24, 2.45) is 11.3 Å². The number of hydrogen-bond acceptors (Lipinski definition) is 2. The molecule has 5 nitrogen and oxygen atoms in total. The third kappa shape index (κ3) is 4.39. The number of carbonyl (C=O) groups is 2. The van der Waals surface area contributed by atoms with E-state index in [2.05, 4.69) is 26.1 Å². The van der Waals surface area contributed by atoms with Crippen molar-refractivity contribution in [2.45, 2.75) is 59.4 Å². The van der Waals surface area contributed by atoms with Crippen LogP contribution in [0.5, 0.6) is 0 Å². The molecule has 5 heteroatoms. The Balaban J connectivity index is 2.61. The van der Waals surface area contributed by atoms with Crippen LogP contribution in [0.25, 0.3) is 0 Å². The highest BCUT2D eigenvalue weighted by Crippen LogP contribution is 2.34. The molecule has 0 aromatic rings. The number of amides is 2. The number of nitrogens with zero attached hydrogens (tertiary/aromatic N) is 1. The molecule has 1 atom stereocenters. The molecule has 20 heavy (non-hydrogen) atoms. The summed E-state index contributed by atoms with van der Waals surface area (Å²) in [5.41, 5.74) is -0.973. The number of rotatable bonds is 2. The third-order valence-electron chi connectivity index (χ3n) is 4.19. The predicted molar refractivity (Wildman–Crippen MR) is 78.6 cm³/mol. The Morgan fingerprint density at radius 2 is 1.70 bits per heavy atom. The summed E-state index contributed by atoms with van der Waals surface area (Å²) in [4.78, 5) is 25.0. The van der Waals surface area contributed by atoms with Crippen molar-refractivity contribution in [1.82, 2.24) is 10.2 Å². The van der Waals surface area contributed by atoms with E-state index < -0.39 is 11.5 Å². The molecule has 116 valence electrons. The normalized spacial score (nSPS) is 21.2. The molecule has 0 radical (unpaired) electrons. The van der Waals surface area contributed by atoms with Crippen LogP contribution in [-0.4, -0.2) is 40.6 Å². The van der Waals surface area contributed by atoms with Crippen molar-refractivity contribution in [1.29, 1.82) is 0 Å². The second kappa shape index (κ2) is 6.02. The summed E-state index contributed by atoms with van der Waals surface area (Å²) in [6.45, 7) is 11.1. The number of carboxylic acids is 1. The van der Waals surface area contributed by atoms with Gasteiger partial charge in [0.2, 0.25) is 0 Å². The van der Waals surface area contributed by atoms with Crippen molar-refractivity contribution in [3.05, 3.63) is 0 Å². The van der Waals surface area contributed by atoms with Gasteiger partial charge in [-0.3, -0.25) is 0 Å². The molecule has 0 spiro atoms. The standard InChI is InChI=1S/C15H28N2O3/c1-14(2,3)11-7-6-9-17(10-8-11)13(20)16-15(4,5)12(18)19/h11H,6-10H2,1-5H3,(H,16,20)(H,18,19). The Kier molecular flexibility index (Phi) is 5.05. The number of likely N-dealkylation sites (tertiary alicyclic amines) is 1. The fourth-order valence-corrected chi connectivity index (χ4v) is 2.57. The zero-order chi connectivity index (χ0) is 15.6. The smallest absolute Gasteiger partial charge is 0.328 e. The maximum absolute atomic E-state index is 12.2. The highest BCUT2D eigenvalue weighted by atomic mass is 16.4. The number of urea groups is 1. The van der Waals surface area contributed by atoms with E-state index in [1.807, 2.05) is 0 Å². The van der Waals surface area contributed by atoms with Crippen LogP contribution in [-0.2, 0) is 4.79 Å². The summed E-state index contributed by atoms with van der Waals surface area (Å²) < 4.78 is 0. The van der Waals surface area contributed by atoms with Crippen molar-refractivity contribution >= 4 is 12.0 Å². The van der Waals surface area contributed by atoms with Gasteiger partial charge in [-0.1, -0.05) is 20.8 Å². The Morgan fingerprint density at radius 1 is 1.10 bits per heavy atom. The molecule has 1 aliphatic rings. The lowest BCUT2D eigenvalue weighted by Gasteiger charge is -2.30. The average molecular weight is 284 g/mol. The summed E-state index contributed by atoms with van der Waals surface area (Å²) in [7, 11) is 0. The van der Waals surface area contributed by atoms with E-state index in [0.29, 0.717) is 19.0 Å². The first kappa shape index (κ1) is 16.8. The minimum absolute atomic E-state index is 0.257. The summed E-state index contributed by atoms with van der Waals surface area (Å²) in [6, 6.07) is -0.271. The fraction of sp³-hybridized carbons (Fsp3) is 0.867. The fourth-order valence-electron chi connectivity index (χ4n) is 2.57. The van der Waals surface area contributed by atoms with Crippen molar-refractivity contribution < 1.29 is 14.7 Å². The minimum atomic E-state index is -1.23. The maximum atomic E-state index is 12.2. The van der Waals surface area contributed by atoms with Gasteiger partial charge in [0.25, 0.3) is 0 Å². The second-order valence-corrected chi connectivity index (χ2v) is 7.34. The maximum Gasteiger partial charge on any atom is 0.328 e. The van der Waals surface area contributed by atoms with Gasteiger partial charge in [0.05, 0.1) is 0 Å². The Labute approximate surface area is 121 Å². The molecule has 2 N–H and O–H groups in total. The lowest BCUT2D eigenvalue weighted by atomic mass is 9.77. The SMILES string of the molecule is CC(C)(NC(=O)N1CCCC(C(C)(C)C)CC1)C(=O)O. The predicted octanol–water partition coefficient (Wildman–Crippen LogP) is 2.71. The van der Waals surface area contributed by atoms with E-state index in [1.54, 1.807) is 4.90 Å². The average Bonchev–Trinajstić information content (AvgIpc) is 2.52. The van der Waals surface area contributed by atoms with Gasteiger partial charge in [-0.2, -0.15) is 0 Å². The zero-order valence-corrected chi connectivity index (χ0v) is 13.3. The van der Waals surface area contributed by atoms with Crippen molar-refractivity contribution in [2.75, 3.05) is 13.1 Å². The first-order valence-electron chi connectivity index (χ1n) is 7.34. The number of aliphatic carboxylic acids is 1. The molecule has 0 saturated carbocycles. The second-order valence-electron chi connectivity index (χ2n) is 7.34. The summed E-state index contributed by atoms with van der Waals surface area (Å²) in [6.07, 6.45) is 3.07. The summed E-state index contributed by atoms with van der Waals surface area (Å²) >= 11 is 0.